The van der Waals surface area contributed by atoms with Crippen LogP contribution in [0.2, 0.25) is 0 Å². The standard InChI is InChI=1S/C60H74N10O10/c1-42(2)56(65-55(73)26-31-78-33-35-80-36-34-79-32-30-70-58(75)49-38-50(49)59(70)76)53(71)37-45(17-13-27-62-60(61)77)57(74)63-47-24-22-43(23-25-47)39-68-28-14-18-46(40-68)52-41-69(67-66-52)29-12-5-3-4-9-21-54(72)64-51-20-11-10-19-48(51)44-15-7-6-8-16-44/h6-8,10-11,14-16,18-20,22-25,28,40-42,45,56H,3-5,9,12-13,17,21,26-27,29-39H2,1-2H3,(H5-,61,62,63,64,65,72,73,74,77)/p+1/t45-,56+/m1/s1. The molecule has 3 heterocycles. The number of pyridine rings is 1. The van der Waals surface area contributed by atoms with Gasteiger partial charge in [0.15, 0.2) is 24.7 Å². The molecule has 80 heavy (non-hydrogen) atoms. The van der Waals surface area contributed by atoms with Crippen molar-refractivity contribution in [3.05, 3.63) is 126 Å². The van der Waals surface area contributed by atoms with E-state index in [4.69, 9.17) is 19.9 Å². The van der Waals surface area contributed by atoms with E-state index >= 15 is 0 Å². The molecule has 3 aromatic carbocycles. The van der Waals surface area contributed by atoms with Crippen LogP contribution in [-0.4, -0.2) is 120 Å². The van der Waals surface area contributed by atoms with Crippen LogP contribution in [0.4, 0.5) is 16.2 Å². The monoisotopic (exact) mass is 1100 g/mol. The minimum atomic E-state index is -0.840. The van der Waals surface area contributed by atoms with Gasteiger partial charge in [0.2, 0.25) is 17.7 Å². The number of ether oxygens (including phenoxy) is 3. The summed E-state index contributed by atoms with van der Waals surface area (Å²) in [6.07, 6.45) is 12.3. The van der Waals surface area contributed by atoms with E-state index in [2.05, 4.69) is 36.1 Å². The smallest absolute Gasteiger partial charge is 0.312 e. The Balaban J connectivity index is 0.787. The van der Waals surface area contributed by atoms with Crippen molar-refractivity contribution < 1.29 is 52.3 Å². The second-order valence-electron chi connectivity index (χ2n) is 20.4. The number of aromatic nitrogens is 4. The zero-order valence-corrected chi connectivity index (χ0v) is 45.9. The highest BCUT2D eigenvalue weighted by Gasteiger charge is 2.46. The number of nitrogens with one attached hydrogen (secondary N) is 4. The highest BCUT2D eigenvalue weighted by molar-refractivity contribution is 6.25. The molecule has 20 nitrogen and oxygen atoms in total. The maximum absolute atomic E-state index is 13.8. The molecule has 0 bridgehead atoms. The lowest BCUT2D eigenvalue weighted by molar-refractivity contribution is -0.687. The van der Waals surface area contributed by atoms with Crippen LogP contribution in [0.25, 0.3) is 22.4 Å². The van der Waals surface area contributed by atoms with E-state index in [0.717, 1.165) is 72.3 Å². The number of urea groups is 1. The number of Topliss-reactive ketones (excluding diaryl/α,β-unsaturated/α-hetero) is 1. The van der Waals surface area contributed by atoms with Gasteiger partial charge in [0.25, 0.3) is 11.8 Å². The van der Waals surface area contributed by atoms with Crippen molar-refractivity contribution >= 4 is 52.7 Å². The van der Waals surface area contributed by atoms with Crippen molar-refractivity contribution in [1.82, 2.24) is 30.5 Å². The second kappa shape index (κ2) is 31.0. The van der Waals surface area contributed by atoms with Crippen LogP contribution in [-0.2, 0) is 56.1 Å². The Morgan fingerprint density at radius 3 is 2.11 bits per heavy atom. The topological polar surface area (TPSA) is 259 Å². The van der Waals surface area contributed by atoms with E-state index in [-0.39, 0.29) is 107 Å². The summed E-state index contributed by atoms with van der Waals surface area (Å²) in [6.45, 7) is 6.79. The molecule has 2 atom stereocenters. The van der Waals surface area contributed by atoms with Gasteiger partial charge in [0.05, 0.1) is 64.0 Å². The molecule has 2 aromatic heterocycles. The van der Waals surface area contributed by atoms with Gasteiger partial charge in [-0.15, -0.1) is 5.10 Å². The number of hydrogen-bond acceptors (Lipinski definition) is 12. The van der Waals surface area contributed by atoms with Gasteiger partial charge < -0.3 is 41.2 Å². The normalized spacial score (nSPS) is 13.5. The molecule has 7 rings (SSSR count). The third-order valence-corrected chi connectivity index (χ3v) is 13.8. The number of nitrogens with two attached hydrogens (primary N) is 1. The summed E-state index contributed by atoms with van der Waals surface area (Å²) in [6, 6.07) is 27.8. The van der Waals surface area contributed by atoms with Crippen molar-refractivity contribution in [3.63, 3.8) is 0 Å². The van der Waals surface area contributed by atoms with Crippen molar-refractivity contribution in [2.45, 2.75) is 104 Å². The van der Waals surface area contributed by atoms with Crippen LogP contribution in [0.5, 0.6) is 0 Å². The fourth-order valence-electron chi connectivity index (χ4n) is 9.37. The lowest BCUT2D eigenvalue weighted by Gasteiger charge is -2.24. The number of imide groups is 1. The number of nitrogens with zero attached hydrogens (tertiary/aromatic N) is 5. The van der Waals surface area contributed by atoms with Crippen LogP contribution < -0.4 is 31.6 Å². The molecule has 1 aliphatic heterocycles. The molecule has 20 heteroatoms. The number of piperidine rings is 1. The predicted octanol–water partition coefficient (Wildman–Crippen LogP) is 6.54. The number of carbonyl (C=O) groups excluding carboxylic acids is 7. The van der Waals surface area contributed by atoms with Gasteiger partial charge in [-0.2, -0.15) is 0 Å². The number of para-hydroxylation sites is 1. The maximum atomic E-state index is 13.8. The van der Waals surface area contributed by atoms with Crippen LogP contribution in [0.1, 0.15) is 90.0 Å². The van der Waals surface area contributed by atoms with Gasteiger partial charge in [-0.05, 0) is 61.4 Å². The van der Waals surface area contributed by atoms with E-state index in [1.54, 1.807) is 0 Å². The first-order valence-corrected chi connectivity index (χ1v) is 27.7. The fourth-order valence-corrected chi connectivity index (χ4v) is 9.37. The molecular weight excluding hydrogens is 1020 g/mol. The maximum Gasteiger partial charge on any atom is 0.312 e. The molecule has 1 aliphatic carbocycles. The first-order chi connectivity index (χ1) is 38.8. The second-order valence-corrected chi connectivity index (χ2v) is 20.4. The first kappa shape index (κ1) is 59.7. The van der Waals surface area contributed by atoms with E-state index < -0.39 is 18.0 Å². The largest absolute Gasteiger partial charge is 0.379 e. The Labute approximate surface area is 467 Å². The number of aryl methyl sites for hydroxylation is 1. The Morgan fingerprint density at radius 1 is 0.700 bits per heavy atom. The minimum Gasteiger partial charge on any atom is -0.379 e. The van der Waals surface area contributed by atoms with E-state index in [0.29, 0.717) is 49.2 Å². The SMILES string of the molecule is CC(C)[C@H](NC(=O)CCOCCOCCOCCN1C(=O)C2=C(C2)C1=O)C(=O)C[C@@H](CCCNC(N)=O)C(=O)Nc1ccc(C[n+]2cccc(-c3cn(CCCCCCCC(=O)Nc4ccccc4-c4ccccc4)nn3)c2)cc1. The van der Waals surface area contributed by atoms with Crippen molar-refractivity contribution in [2.24, 2.45) is 17.6 Å². The highest BCUT2D eigenvalue weighted by Crippen LogP contribution is 2.40. The van der Waals surface area contributed by atoms with Crippen LogP contribution >= 0.6 is 0 Å². The van der Waals surface area contributed by atoms with Gasteiger partial charge >= 0.3 is 6.03 Å². The number of ketones is 1. The number of unbranched alkanes of at least 4 members (excludes halogenated alkanes) is 4. The Hall–Kier alpha value is -7.94. The molecule has 5 aromatic rings. The minimum absolute atomic E-state index is 0.0125. The predicted molar refractivity (Wildman–Crippen MR) is 300 cm³/mol. The number of primary amides is 1. The molecule has 0 radical (unpaired) electrons. The van der Waals surface area contributed by atoms with E-state index in [1.807, 2.05) is 128 Å². The number of hydrogen-bond donors (Lipinski definition) is 5. The molecule has 0 spiro atoms. The van der Waals surface area contributed by atoms with Crippen LogP contribution in [0.15, 0.2) is 121 Å². The number of likely N-dealkylation sites (tertiary alicyclic amines) is 1. The fraction of sp³-hybridized carbons (Fsp3) is 0.433. The summed E-state index contributed by atoms with van der Waals surface area (Å²) in [5.74, 6) is -2.45. The Kier molecular flexibility index (Phi) is 23.1. The lowest BCUT2D eigenvalue weighted by atomic mass is 9.89. The average Bonchev–Trinajstić information content (AvgIpc) is 4.21. The quantitative estimate of drug-likeness (QED) is 0.0163. The molecule has 0 unspecified atom stereocenters. The molecule has 0 saturated carbocycles. The third kappa shape index (κ3) is 18.9. The van der Waals surface area contributed by atoms with Gasteiger partial charge in [-0.3, -0.25) is 38.3 Å². The summed E-state index contributed by atoms with van der Waals surface area (Å²) in [7, 11) is 0. The van der Waals surface area contributed by atoms with Crippen LogP contribution in [0, 0.1) is 11.8 Å². The lowest BCUT2D eigenvalue weighted by Crippen LogP contribution is -2.45. The van der Waals surface area contributed by atoms with Gasteiger partial charge in [-0.1, -0.05) is 99.0 Å². The summed E-state index contributed by atoms with van der Waals surface area (Å²) < 4.78 is 20.5. The van der Waals surface area contributed by atoms with Gasteiger partial charge in [0, 0.05) is 84.4 Å². The number of amides is 7. The average molecular weight is 1100 g/mol. The summed E-state index contributed by atoms with van der Waals surface area (Å²) in [4.78, 5) is 89.9. The number of anilines is 2. The van der Waals surface area contributed by atoms with Crippen LogP contribution in [0.3, 0.4) is 0 Å². The molecule has 6 N–H and O–H groups in total. The van der Waals surface area contributed by atoms with Gasteiger partial charge in [-0.25, -0.2) is 9.36 Å². The molecule has 0 saturated heterocycles. The van der Waals surface area contributed by atoms with E-state index in [9.17, 15) is 33.6 Å². The summed E-state index contributed by atoms with van der Waals surface area (Å²) in [5, 5.41) is 20.2. The highest BCUT2D eigenvalue weighted by atomic mass is 16.5. The molecule has 0 fully saturated rings. The third-order valence-electron chi connectivity index (χ3n) is 13.8. The number of rotatable bonds is 36. The number of carbonyl (C=O) groups is 7. The van der Waals surface area contributed by atoms with Gasteiger partial charge in [0.1, 0.15) is 5.69 Å². The zero-order chi connectivity index (χ0) is 56.6. The molecule has 2 aliphatic rings. The molecule has 424 valence electrons. The zero-order valence-electron chi connectivity index (χ0n) is 45.9. The molecular formula is C60H75N10O10+. The number of benzene rings is 3. The summed E-state index contributed by atoms with van der Waals surface area (Å²) in [5.41, 5.74) is 12.6. The first-order valence-electron chi connectivity index (χ1n) is 27.7. The summed E-state index contributed by atoms with van der Waals surface area (Å²) >= 11 is 0. The molecule has 7 amide bonds. The Bertz CT molecular complexity index is 2900. The van der Waals surface area contributed by atoms with E-state index in [1.165, 1.54) is 4.90 Å². The van der Waals surface area contributed by atoms with Crippen molar-refractivity contribution in [3.8, 4) is 22.4 Å². The van der Waals surface area contributed by atoms with Crippen molar-refractivity contribution in [2.75, 3.05) is 63.4 Å². The Morgan fingerprint density at radius 2 is 1.38 bits per heavy atom. The van der Waals surface area contributed by atoms with Crippen molar-refractivity contribution in [1.29, 1.82) is 0 Å².